The van der Waals surface area contributed by atoms with Crippen LogP contribution in [0.2, 0.25) is 0 Å². The van der Waals surface area contributed by atoms with Crippen LogP contribution in [-0.2, 0) is 4.79 Å². The molecule has 2 atom stereocenters. The predicted molar refractivity (Wildman–Crippen MR) is 103 cm³/mol. The van der Waals surface area contributed by atoms with E-state index in [-0.39, 0.29) is 35.1 Å². The number of ketones is 1. The van der Waals surface area contributed by atoms with Gasteiger partial charge in [0.25, 0.3) is 11.5 Å². The van der Waals surface area contributed by atoms with Gasteiger partial charge >= 0.3 is 0 Å². The van der Waals surface area contributed by atoms with Crippen molar-refractivity contribution in [3.05, 3.63) is 33.2 Å². The van der Waals surface area contributed by atoms with Gasteiger partial charge in [0, 0.05) is 36.9 Å². The summed E-state index contributed by atoms with van der Waals surface area (Å²) in [6.07, 6.45) is 5.28. The number of amides is 2. The number of carbonyl (C=O) groups is 3. The summed E-state index contributed by atoms with van der Waals surface area (Å²) in [6, 6.07) is 1.42. The largest absolute Gasteiger partial charge is 0.337 e. The first-order valence-electron chi connectivity index (χ1n) is 10.2. The van der Waals surface area contributed by atoms with Crippen molar-refractivity contribution in [2.75, 3.05) is 19.6 Å². The smallest absolute Gasteiger partial charge is 0.261 e. The second kappa shape index (κ2) is 7.18. The van der Waals surface area contributed by atoms with Crippen LogP contribution in [0.15, 0.2) is 10.9 Å². The standard InChI is InChI=1S/C21H27N3O4/c1-12-17(13(2)25)8-18(19(26)22-12)21(28)23-10-15-6-7-16(11-23)24(20(15)27)9-14-4-3-5-14/h8,14-16H,3-7,9-11H2,1-2H3,(H,22,26)/t15-,16+/m1/s1. The molecule has 0 radical (unpaired) electrons. The Morgan fingerprint density at radius 2 is 1.86 bits per heavy atom. The van der Waals surface area contributed by atoms with Gasteiger partial charge in [-0.1, -0.05) is 6.42 Å². The minimum Gasteiger partial charge on any atom is -0.337 e. The molecule has 0 unspecified atom stereocenters. The third kappa shape index (κ3) is 3.27. The number of rotatable bonds is 4. The van der Waals surface area contributed by atoms with Crippen molar-refractivity contribution in [2.24, 2.45) is 11.8 Å². The number of H-pyrrole nitrogens is 1. The van der Waals surface area contributed by atoms with Crippen LogP contribution in [0.3, 0.4) is 0 Å². The first kappa shape index (κ1) is 18.9. The summed E-state index contributed by atoms with van der Waals surface area (Å²) in [6.45, 7) is 4.66. The van der Waals surface area contributed by atoms with Crippen molar-refractivity contribution in [2.45, 2.75) is 52.0 Å². The lowest BCUT2D eigenvalue weighted by atomic mass is 9.83. The summed E-state index contributed by atoms with van der Waals surface area (Å²) >= 11 is 0. The molecule has 5 rings (SSSR count). The number of Topliss-reactive ketones (excluding diaryl/α,β-unsaturated/α-hetero) is 1. The molecular formula is C21H27N3O4. The third-order valence-electron chi connectivity index (χ3n) is 6.61. The van der Waals surface area contributed by atoms with Crippen LogP contribution in [0.4, 0.5) is 0 Å². The van der Waals surface area contributed by atoms with Crippen LogP contribution >= 0.6 is 0 Å². The molecule has 1 saturated carbocycles. The van der Waals surface area contributed by atoms with Crippen LogP contribution in [-0.4, -0.2) is 58.1 Å². The summed E-state index contributed by atoms with van der Waals surface area (Å²) in [5, 5.41) is 0. The molecule has 0 spiro atoms. The van der Waals surface area contributed by atoms with E-state index in [0.717, 1.165) is 19.4 Å². The average Bonchev–Trinajstić information content (AvgIpc) is 2.89. The molecule has 2 amide bonds. The maximum Gasteiger partial charge on any atom is 0.261 e. The molecule has 4 heterocycles. The van der Waals surface area contributed by atoms with E-state index in [9.17, 15) is 19.2 Å². The summed E-state index contributed by atoms with van der Waals surface area (Å²) in [7, 11) is 0. The number of carbonyl (C=O) groups excluding carboxylic acids is 3. The molecule has 4 fully saturated rings. The fourth-order valence-electron chi connectivity index (χ4n) is 4.72. The Balaban J connectivity index is 1.59. The van der Waals surface area contributed by atoms with Gasteiger partial charge in [-0.15, -0.1) is 0 Å². The normalized spacial score (nSPS) is 24.9. The molecule has 150 valence electrons. The van der Waals surface area contributed by atoms with Crippen molar-refractivity contribution >= 4 is 17.6 Å². The van der Waals surface area contributed by atoms with Gasteiger partial charge in [-0.25, -0.2) is 0 Å². The monoisotopic (exact) mass is 385 g/mol. The van der Waals surface area contributed by atoms with E-state index in [0.29, 0.717) is 30.3 Å². The molecule has 7 heteroatoms. The summed E-state index contributed by atoms with van der Waals surface area (Å²) < 4.78 is 0. The molecule has 0 aromatic carbocycles. The highest BCUT2D eigenvalue weighted by Crippen LogP contribution is 2.34. The van der Waals surface area contributed by atoms with Crippen molar-refractivity contribution < 1.29 is 14.4 Å². The minimum absolute atomic E-state index is 0.0184. The van der Waals surface area contributed by atoms with Gasteiger partial charge in [0.1, 0.15) is 5.56 Å². The fourth-order valence-corrected chi connectivity index (χ4v) is 4.72. The SMILES string of the molecule is CC(=O)c1cc(C(=O)N2C[C@H]3CC[C@@H](C2)N(CC2CCC2)C3=O)c(=O)[nH]c1C. The molecule has 4 aliphatic rings. The highest BCUT2D eigenvalue weighted by atomic mass is 16.2. The summed E-state index contributed by atoms with van der Waals surface area (Å²) in [4.78, 5) is 56.5. The summed E-state index contributed by atoms with van der Waals surface area (Å²) in [5.74, 6) is -0.0367. The van der Waals surface area contributed by atoms with Crippen LogP contribution in [0, 0.1) is 18.8 Å². The zero-order valence-corrected chi connectivity index (χ0v) is 16.5. The van der Waals surface area contributed by atoms with Crippen LogP contribution in [0.1, 0.15) is 65.4 Å². The number of aromatic nitrogens is 1. The number of nitrogens with zero attached hydrogens (tertiary/aromatic N) is 2. The Bertz CT molecular complexity index is 886. The molecule has 3 saturated heterocycles. The quantitative estimate of drug-likeness (QED) is 0.800. The Morgan fingerprint density at radius 1 is 1.11 bits per heavy atom. The van der Waals surface area contributed by atoms with Crippen LogP contribution < -0.4 is 5.56 Å². The van der Waals surface area contributed by atoms with Gasteiger partial charge in [-0.2, -0.15) is 0 Å². The molecule has 2 bridgehead atoms. The van der Waals surface area contributed by atoms with Crippen molar-refractivity contribution in [3.63, 3.8) is 0 Å². The number of nitrogens with one attached hydrogen (secondary N) is 1. The Morgan fingerprint density at radius 3 is 2.50 bits per heavy atom. The topological polar surface area (TPSA) is 90.6 Å². The Hall–Kier alpha value is -2.44. The van der Waals surface area contributed by atoms with E-state index in [1.54, 1.807) is 11.8 Å². The molecular weight excluding hydrogens is 358 g/mol. The number of hydrogen-bond donors (Lipinski definition) is 1. The molecule has 1 aromatic rings. The molecule has 1 aromatic heterocycles. The first-order valence-corrected chi connectivity index (χ1v) is 10.2. The van der Waals surface area contributed by atoms with Gasteiger partial charge in [0.15, 0.2) is 5.78 Å². The maximum atomic E-state index is 13.1. The van der Waals surface area contributed by atoms with E-state index >= 15 is 0 Å². The number of fused-ring (bicyclic) bond motifs is 4. The lowest BCUT2D eigenvalue weighted by molar-refractivity contribution is -0.141. The van der Waals surface area contributed by atoms with Gasteiger partial charge in [-0.3, -0.25) is 19.2 Å². The van der Waals surface area contributed by atoms with Gasteiger partial charge < -0.3 is 14.8 Å². The molecule has 1 aliphatic carbocycles. The lowest BCUT2D eigenvalue weighted by Gasteiger charge is -2.40. The lowest BCUT2D eigenvalue weighted by Crippen LogP contribution is -2.50. The zero-order chi connectivity index (χ0) is 20.0. The molecule has 1 N–H and O–H groups in total. The number of hydrogen-bond acceptors (Lipinski definition) is 4. The number of aromatic amines is 1. The molecule has 3 aliphatic heterocycles. The average molecular weight is 385 g/mol. The van der Waals surface area contributed by atoms with E-state index in [4.69, 9.17) is 0 Å². The number of piperidine rings is 1. The van der Waals surface area contributed by atoms with Gasteiger partial charge in [0.05, 0.1) is 5.92 Å². The van der Waals surface area contributed by atoms with E-state index in [1.165, 1.54) is 32.3 Å². The Labute approximate surface area is 164 Å². The maximum absolute atomic E-state index is 13.1. The highest BCUT2D eigenvalue weighted by Gasteiger charge is 2.43. The van der Waals surface area contributed by atoms with E-state index in [2.05, 4.69) is 4.98 Å². The predicted octanol–water partition coefficient (Wildman–Crippen LogP) is 1.75. The molecule has 28 heavy (non-hydrogen) atoms. The van der Waals surface area contributed by atoms with Crippen LogP contribution in [0.5, 0.6) is 0 Å². The Kier molecular flexibility index (Phi) is 4.85. The van der Waals surface area contributed by atoms with E-state index < -0.39 is 5.56 Å². The number of aryl methyl sites for hydroxylation is 1. The molecule has 7 nitrogen and oxygen atoms in total. The highest BCUT2D eigenvalue weighted by molar-refractivity contribution is 6.00. The fraction of sp³-hybridized carbons (Fsp3) is 0.619. The van der Waals surface area contributed by atoms with Crippen LogP contribution in [0.25, 0.3) is 0 Å². The van der Waals surface area contributed by atoms with Gasteiger partial charge in [0.2, 0.25) is 5.91 Å². The summed E-state index contributed by atoms with van der Waals surface area (Å²) in [5.41, 5.74) is 0.312. The van der Waals surface area contributed by atoms with Crippen molar-refractivity contribution in [1.29, 1.82) is 0 Å². The second-order valence-corrected chi connectivity index (χ2v) is 8.53. The number of pyridine rings is 1. The first-order chi connectivity index (χ1) is 13.3. The minimum atomic E-state index is -0.484. The second-order valence-electron chi connectivity index (χ2n) is 8.53. The van der Waals surface area contributed by atoms with E-state index in [1.807, 2.05) is 4.90 Å². The zero-order valence-electron chi connectivity index (χ0n) is 16.5. The van der Waals surface area contributed by atoms with Crippen molar-refractivity contribution in [3.8, 4) is 0 Å². The van der Waals surface area contributed by atoms with Crippen molar-refractivity contribution in [1.82, 2.24) is 14.8 Å². The third-order valence-corrected chi connectivity index (χ3v) is 6.61. The van der Waals surface area contributed by atoms with Gasteiger partial charge in [-0.05, 0) is 51.5 Å².